The van der Waals surface area contributed by atoms with Gasteiger partial charge in [-0.3, -0.25) is 9.39 Å². The van der Waals surface area contributed by atoms with Crippen molar-refractivity contribution >= 4 is 35.6 Å². The molecule has 1 aromatic carbocycles. The lowest BCUT2D eigenvalue weighted by molar-refractivity contribution is -0.137. The zero-order valence-electron chi connectivity index (χ0n) is 15.5. The van der Waals surface area contributed by atoms with E-state index in [1.165, 1.54) is 12.1 Å². The first-order valence-corrected chi connectivity index (χ1v) is 8.50. The molecule has 0 saturated heterocycles. The predicted octanol–water partition coefficient (Wildman–Crippen LogP) is 3.11. The average Bonchev–Trinajstić information content (AvgIpc) is 3.10. The third-order valence-electron chi connectivity index (χ3n) is 3.87. The minimum Gasteiger partial charge on any atom is -0.492 e. The Balaban J connectivity index is 0.00000300. The van der Waals surface area contributed by atoms with Gasteiger partial charge in [-0.2, -0.15) is 13.2 Å². The number of guanidine groups is 1. The van der Waals surface area contributed by atoms with E-state index >= 15 is 0 Å². The van der Waals surface area contributed by atoms with Gasteiger partial charge in [-0.25, -0.2) is 0 Å². The van der Waals surface area contributed by atoms with Crippen molar-refractivity contribution in [1.29, 1.82) is 0 Å². The molecule has 0 spiro atoms. The maximum Gasteiger partial charge on any atom is 0.416 e. The molecule has 0 aliphatic heterocycles. The summed E-state index contributed by atoms with van der Waals surface area (Å²) in [6.45, 7) is 1.10. The molecular formula is C18H20F3IN6O. The van der Waals surface area contributed by atoms with E-state index in [0.717, 1.165) is 23.6 Å². The maximum atomic E-state index is 12.5. The zero-order valence-corrected chi connectivity index (χ0v) is 17.8. The Hall–Kier alpha value is -2.57. The molecule has 0 fully saturated rings. The lowest BCUT2D eigenvalue weighted by Crippen LogP contribution is -2.39. The molecule has 7 nitrogen and oxygen atoms in total. The number of ether oxygens (including phenoxy) is 1. The molecule has 0 amide bonds. The SMILES string of the molecule is CN=C(NCCOc1ccc(C(F)(F)F)cc1)NCc1nnc2ccccn12.I. The van der Waals surface area contributed by atoms with Crippen LogP contribution in [0.15, 0.2) is 53.7 Å². The number of benzene rings is 1. The minimum atomic E-state index is -4.35. The van der Waals surface area contributed by atoms with Gasteiger partial charge in [-0.1, -0.05) is 6.07 Å². The predicted molar refractivity (Wildman–Crippen MR) is 114 cm³/mol. The molecule has 0 aliphatic carbocycles. The van der Waals surface area contributed by atoms with Gasteiger partial charge in [0, 0.05) is 13.2 Å². The molecule has 2 aromatic heterocycles. The Morgan fingerprint density at radius 2 is 1.86 bits per heavy atom. The van der Waals surface area contributed by atoms with E-state index in [-0.39, 0.29) is 30.6 Å². The third-order valence-corrected chi connectivity index (χ3v) is 3.87. The second-order valence-corrected chi connectivity index (χ2v) is 5.77. The summed E-state index contributed by atoms with van der Waals surface area (Å²) in [5.74, 6) is 1.65. The standard InChI is InChI=1S/C18H19F3N6O.HI/c1-22-17(24-12-16-26-25-15-4-2-3-10-27(15)16)23-9-11-28-14-7-5-13(6-8-14)18(19,20)21;/h2-8,10H,9,11-12H2,1H3,(H2,22,23,24);1H. The number of pyridine rings is 1. The number of nitrogens with zero attached hydrogens (tertiary/aromatic N) is 4. The van der Waals surface area contributed by atoms with Crippen LogP contribution in [-0.2, 0) is 12.7 Å². The number of halogens is 4. The van der Waals surface area contributed by atoms with Crippen LogP contribution in [0, 0.1) is 0 Å². The highest BCUT2D eigenvalue weighted by Crippen LogP contribution is 2.30. The number of aliphatic imine (C=N–C) groups is 1. The monoisotopic (exact) mass is 520 g/mol. The van der Waals surface area contributed by atoms with Crippen molar-refractivity contribution in [2.75, 3.05) is 20.2 Å². The summed E-state index contributed by atoms with van der Waals surface area (Å²) < 4.78 is 44.9. The fraction of sp³-hybridized carbons (Fsp3) is 0.278. The largest absolute Gasteiger partial charge is 0.492 e. The first-order valence-electron chi connectivity index (χ1n) is 8.50. The number of aromatic nitrogens is 3. The summed E-state index contributed by atoms with van der Waals surface area (Å²) in [6, 6.07) is 10.2. The summed E-state index contributed by atoms with van der Waals surface area (Å²) in [4.78, 5) is 4.11. The van der Waals surface area contributed by atoms with Gasteiger partial charge in [0.05, 0.1) is 18.7 Å². The van der Waals surface area contributed by atoms with Crippen molar-refractivity contribution in [2.45, 2.75) is 12.7 Å². The van der Waals surface area contributed by atoms with Gasteiger partial charge in [0.2, 0.25) is 0 Å². The quantitative estimate of drug-likeness (QED) is 0.226. The molecule has 0 aliphatic rings. The van der Waals surface area contributed by atoms with Crippen LogP contribution >= 0.6 is 24.0 Å². The van der Waals surface area contributed by atoms with E-state index in [0.29, 0.717) is 24.8 Å². The molecule has 0 bridgehead atoms. The summed E-state index contributed by atoms with van der Waals surface area (Å²) >= 11 is 0. The van der Waals surface area contributed by atoms with Gasteiger partial charge < -0.3 is 15.4 Å². The normalized spacial score (nSPS) is 11.8. The molecule has 11 heteroatoms. The topological polar surface area (TPSA) is 75.8 Å². The van der Waals surface area contributed by atoms with Crippen molar-refractivity contribution in [3.8, 4) is 5.75 Å². The van der Waals surface area contributed by atoms with Crippen LogP contribution < -0.4 is 15.4 Å². The van der Waals surface area contributed by atoms with Crippen LogP contribution in [0.4, 0.5) is 13.2 Å². The van der Waals surface area contributed by atoms with Crippen LogP contribution in [-0.4, -0.2) is 40.8 Å². The number of hydrogen-bond acceptors (Lipinski definition) is 4. The Kier molecular flexibility index (Phi) is 8.05. The molecule has 2 heterocycles. The maximum absolute atomic E-state index is 12.5. The summed E-state index contributed by atoms with van der Waals surface area (Å²) in [7, 11) is 1.63. The molecular weight excluding hydrogens is 500 g/mol. The Bertz CT molecular complexity index is 943. The highest BCUT2D eigenvalue weighted by atomic mass is 127. The van der Waals surface area contributed by atoms with E-state index in [2.05, 4.69) is 25.8 Å². The van der Waals surface area contributed by atoms with Crippen LogP contribution in [0.3, 0.4) is 0 Å². The summed E-state index contributed by atoms with van der Waals surface area (Å²) in [6.07, 6.45) is -2.48. The highest BCUT2D eigenvalue weighted by Gasteiger charge is 2.29. The molecule has 0 radical (unpaired) electrons. The van der Waals surface area contributed by atoms with E-state index < -0.39 is 11.7 Å². The van der Waals surface area contributed by atoms with Crippen molar-refractivity contribution in [1.82, 2.24) is 25.2 Å². The Morgan fingerprint density at radius 1 is 1.10 bits per heavy atom. The van der Waals surface area contributed by atoms with Crippen LogP contribution in [0.2, 0.25) is 0 Å². The van der Waals surface area contributed by atoms with Gasteiger partial charge in [0.1, 0.15) is 12.4 Å². The fourth-order valence-corrected chi connectivity index (χ4v) is 2.47. The minimum absolute atomic E-state index is 0. The lowest BCUT2D eigenvalue weighted by atomic mass is 10.2. The molecule has 2 N–H and O–H groups in total. The molecule has 156 valence electrons. The summed E-state index contributed by atoms with van der Waals surface area (Å²) in [5.41, 5.74) is 0.0516. The number of hydrogen-bond donors (Lipinski definition) is 2. The van der Waals surface area contributed by atoms with E-state index in [1.807, 2.05) is 28.8 Å². The lowest BCUT2D eigenvalue weighted by Gasteiger charge is -2.12. The number of alkyl halides is 3. The van der Waals surface area contributed by atoms with Crippen LogP contribution in [0.1, 0.15) is 11.4 Å². The molecule has 3 aromatic rings. The van der Waals surface area contributed by atoms with Crippen molar-refractivity contribution in [2.24, 2.45) is 4.99 Å². The second kappa shape index (κ2) is 10.3. The third kappa shape index (κ3) is 6.21. The molecule has 3 rings (SSSR count). The number of rotatable bonds is 6. The zero-order chi connectivity index (χ0) is 20.0. The van der Waals surface area contributed by atoms with Gasteiger partial charge in [0.15, 0.2) is 17.4 Å². The van der Waals surface area contributed by atoms with E-state index in [4.69, 9.17) is 4.74 Å². The van der Waals surface area contributed by atoms with Crippen molar-refractivity contribution in [3.63, 3.8) is 0 Å². The molecule has 0 atom stereocenters. The van der Waals surface area contributed by atoms with Gasteiger partial charge in [-0.15, -0.1) is 34.2 Å². The van der Waals surface area contributed by atoms with Gasteiger partial charge in [-0.05, 0) is 36.4 Å². The first-order chi connectivity index (χ1) is 13.5. The fourth-order valence-electron chi connectivity index (χ4n) is 2.47. The number of fused-ring (bicyclic) bond motifs is 1. The molecule has 0 unspecified atom stereocenters. The summed E-state index contributed by atoms with van der Waals surface area (Å²) in [5, 5.41) is 14.4. The highest BCUT2D eigenvalue weighted by molar-refractivity contribution is 14.0. The van der Waals surface area contributed by atoms with Crippen LogP contribution in [0.5, 0.6) is 5.75 Å². The first kappa shape index (κ1) is 22.7. The molecule has 29 heavy (non-hydrogen) atoms. The van der Waals surface area contributed by atoms with Crippen LogP contribution in [0.25, 0.3) is 5.65 Å². The Labute approximate surface area is 182 Å². The average molecular weight is 520 g/mol. The second-order valence-electron chi connectivity index (χ2n) is 5.77. The van der Waals surface area contributed by atoms with Crippen molar-refractivity contribution < 1.29 is 17.9 Å². The van der Waals surface area contributed by atoms with Crippen molar-refractivity contribution in [3.05, 3.63) is 60.0 Å². The van der Waals surface area contributed by atoms with Gasteiger partial charge in [0.25, 0.3) is 0 Å². The number of nitrogens with one attached hydrogen (secondary N) is 2. The smallest absolute Gasteiger partial charge is 0.416 e. The molecule has 0 saturated carbocycles. The van der Waals surface area contributed by atoms with E-state index in [9.17, 15) is 13.2 Å². The Morgan fingerprint density at radius 3 is 2.55 bits per heavy atom. The van der Waals surface area contributed by atoms with E-state index in [1.54, 1.807) is 7.05 Å². The van der Waals surface area contributed by atoms with Gasteiger partial charge >= 0.3 is 6.18 Å².